The maximum absolute atomic E-state index is 5.54. The van der Waals surface area contributed by atoms with Crippen LogP contribution in [0.25, 0.3) is 0 Å². The lowest BCUT2D eigenvalue weighted by atomic mass is 9.95. The van der Waals surface area contributed by atoms with Crippen molar-refractivity contribution in [1.82, 2.24) is 0 Å². The second kappa shape index (κ2) is 3.98. The third-order valence-corrected chi connectivity index (χ3v) is 2.64. The van der Waals surface area contributed by atoms with E-state index < -0.39 is 0 Å². The van der Waals surface area contributed by atoms with Gasteiger partial charge in [-0.3, -0.25) is 5.14 Å². The van der Waals surface area contributed by atoms with Gasteiger partial charge >= 0.3 is 0 Å². The second-order valence-corrected chi connectivity index (χ2v) is 3.78. The third kappa shape index (κ3) is 2.11. The maximum Gasteiger partial charge on any atom is 0.0217 e. The van der Waals surface area contributed by atoms with Gasteiger partial charge in [0.15, 0.2) is 0 Å². The first-order valence-electron chi connectivity index (χ1n) is 4.02. The molecule has 0 aromatic carbocycles. The van der Waals surface area contributed by atoms with Gasteiger partial charge in [0.2, 0.25) is 0 Å². The first kappa shape index (κ1) is 8.88. The van der Waals surface area contributed by atoms with Crippen molar-refractivity contribution < 1.29 is 0 Å². The Labute approximate surface area is 72.9 Å². The number of allylic oxidation sites excluding steroid dienone is 3. The molecule has 0 saturated heterocycles. The van der Waals surface area contributed by atoms with E-state index in [2.05, 4.69) is 26.0 Å². The maximum atomic E-state index is 5.54. The molecule has 1 aliphatic carbocycles. The van der Waals surface area contributed by atoms with E-state index in [1.807, 2.05) is 0 Å². The number of hydrogen-bond acceptors (Lipinski definition) is 2. The fourth-order valence-corrected chi connectivity index (χ4v) is 2.01. The minimum atomic E-state index is 0.644. The van der Waals surface area contributed by atoms with Crippen molar-refractivity contribution in [3.05, 3.63) is 22.6 Å². The summed E-state index contributed by atoms with van der Waals surface area (Å²) in [4.78, 5) is 1.27. The zero-order valence-corrected chi connectivity index (χ0v) is 7.95. The van der Waals surface area contributed by atoms with E-state index in [4.69, 9.17) is 5.14 Å². The zero-order valence-electron chi connectivity index (χ0n) is 7.13. The van der Waals surface area contributed by atoms with Gasteiger partial charge in [-0.2, -0.15) is 0 Å². The highest BCUT2D eigenvalue weighted by Crippen LogP contribution is 2.29. The Morgan fingerprint density at radius 3 is 2.73 bits per heavy atom. The molecule has 0 fully saturated rings. The average Bonchev–Trinajstić information content (AvgIpc) is 2.04. The number of hydrogen-bond donors (Lipinski definition) is 1. The first-order chi connectivity index (χ1) is 5.25. The molecule has 0 radical (unpaired) electrons. The smallest absolute Gasteiger partial charge is 0.0217 e. The van der Waals surface area contributed by atoms with Crippen LogP contribution in [0.4, 0.5) is 0 Å². The molecular weight excluding hydrogens is 154 g/mol. The van der Waals surface area contributed by atoms with E-state index >= 15 is 0 Å². The van der Waals surface area contributed by atoms with Gasteiger partial charge in [-0.05, 0) is 30.7 Å². The molecule has 0 saturated carbocycles. The van der Waals surface area contributed by atoms with Crippen molar-refractivity contribution >= 4 is 11.9 Å². The van der Waals surface area contributed by atoms with Crippen LogP contribution in [0.15, 0.2) is 22.6 Å². The van der Waals surface area contributed by atoms with Crippen LogP contribution in [0.3, 0.4) is 0 Å². The monoisotopic (exact) mass is 169 g/mol. The zero-order chi connectivity index (χ0) is 8.27. The molecule has 0 heterocycles. The average molecular weight is 169 g/mol. The molecule has 62 valence electrons. The molecule has 0 aromatic rings. The summed E-state index contributed by atoms with van der Waals surface area (Å²) in [6.45, 7) is 4.45. The van der Waals surface area contributed by atoms with Gasteiger partial charge < -0.3 is 0 Å². The summed E-state index contributed by atoms with van der Waals surface area (Å²) >= 11 is 1.37. The predicted octanol–water partition coefficient (Wildman–Crippen LogP) is 2.85. The van der Waals surface area contributed by atoms with Crippen LogP contribution >= 0.6 is 11.9 Å². The molecule has 1 aliphatic rings. The molecule has 0 spiro atoms. The van der Waals surface area contributed by atoms with Crippen LogP contribution in [0.5, 0.6) is 0 Å². The summed E-state index contributed by atoms with van der Waals surface area (Å²) in [5.74, 6) is 0.644. The molecule has 0 aromatic heterocycles. The second-order valence-electron chi connectivity index (χ2n) is 3.10. The summed E-state index contributed by atoms with van der Waals surface area (Å²) in [5, 5.41) is 5.54. The molecule has 2 N–H and O–H groups in total. The highest BCUT2D eigenvalue weighted by Gasteiger charge is 2.10. The molecule has 1 nitrogen and oxygen atoms in total. The van der Waals surface area contributed by atoms with E-state index in [0.29, 0.717) is 5.92 Å². The van der Waals surface area contributed by atoms with Crippen molar-refractivity contribution in [2.75, 3.05) is 0 Å². The molecule has 0 unspecified atom stereocenters. The molecule has 2 heteroatoms. The lowest BCUT2D eigenvalue weighted by Crippen LogP contribution is -2.01. The van der Waals surface area contributed by atoms with Gasteiger partial charge in [-0.15, -0.1) is 0 Å². The SMILES string of the molecule is CC(C)C1=C(SN)C=CCC1. The van der Waals surface area contributed by atoms with Crippen molar-refractivity contribution in [2.24, 2.45) is 11.1 Å². The van der Waals surface area contributed by atoms with E-state index in [9.17, 15) is 0 Å². The normalized spacial score (nSPS) is 18.2. The molecule has 0 atom stereocenters. The summed E-state index contributed by atoms with van der Waals surface area (Å²) in [6, 6.07) is 0. The van der Waals surface area contributed by atoms with Crippen LogP contribution in [0.2, 0.25) is 0 Å². The van der Waals surface area contributed by atoms with Crippen LogP contribution in [-0.2, 0) is 0 Å². The quantitative estimate of drug-likeness (QED) is 0.643. The Balaban J connectivity index is 2.82. The van der Waals surface area contributed by atoms with Gasteiger partial charge in [-0.25, -0.2) is 0 Å². The largest absolute Gasteiger partial charge is 0.274 e. The molecule has 11 heavy (non-hydrogen) atoms. The van der Waals surface area contributed by atoms with Crippen LogP contribution in [-0.4, -0.2) is 0 Å². The molecular formula is C9H15NS. The van der Waals surface area contributed by atoms with Gasteiger partial charge in [0, 0.05) is 4.91 Å². The van der Waals surface area contributed by atoms with E-state index in [1.165, 1.54) is 35.3 Å². The Morgan fingerprint density at radius 2 is 2.27 bits per heavy atom. The predicted molar refractivity (Wildman–Crippen MR) is 52.0 cm³/mol. The Kier molecular flexibility index (Phi) is 3.21. The molecule has 0 aliphatic heterocycles. The van der Waals surface area contributed by atoms with Crippen LogP contribution in [0, 0.1) is 5.92 Å². The summed E-state index contributed by atoms with van der Waals surface area (Å²) in [5.41, 5.74) is 1.51. The topological polar surface area (TPSA) is 26.0 Å². The molecule has 0 amide bonds. The highest BCUT2D eigenvalue weighted by molar-refractivity contribution is 8.01. The van der Waals surface area contributed by atoms with Gasteiger partial charge in [-0.1, -0.05) is 31.6 Å². The number of nitrogens with two attached hydrogens (primary N) is 1. The minimum absolute atomic E-state index is 0.644. The Bertz CT molecular complexity index is 192. The van der Waals surface area contributed by atoms with E-state index in [0.717, 1.165) is 0 Å². The van der Waals surface area contributed by atoms with Gasteiger partial charge in [0.1, 0.15) is 0 Å². The van der Waals surface area contributed by atoms with Gasteiger partial charge in [0.05, 0.1) is 0 Å². The summed E-state index contributed by atoms with van der Waals surface area (Å²) < 4.78 is 0. The van der Waals surface area contributed by atoms with Gasteiger partial charge in [0.25, 0.3) is 0 Å². The van der Waals surface area contributed by atoms with Crippen LogP contribution in [0.1, 0.15) is 26.7 Å². The Morgan fingerprint density at radius 1 is 1.55 bits per heavy atom. The lowest BCUT2D eigenvalue weighted by molar-refractivity contribution is 0.707. The van der Waals surface area contributed by atoms with E-state index in [-0.39, 0.29) is 0 Å². The summed E-state index contributed by atoms with van der Waals surface area (Å²) in [7, 11) is 0. The lowest BCUT2D eigenvalue weighted by Gasteiger charge is -2.16. The minimum Gasteiger partial charge on any atom is -0.274 e. The molecule has 1 rings (SSSR count). The van der Waals surface area contributed by atoms with Crippen molar-refractivity contribution in [1.29, 1.82) is 0 Å². The fraction of sp³-hybridized carbons (Fsp3) is 0.556. The summed E-state index contributed by atoms with van der Waals surface area (Å²) in [6.07, 6.45) is 6.70. The fourth-order valence-electron chi connectivity index (χ4n) is 1.35. The number of rotatable bonds is 2. The molecule has 0 bridgehead atoms. The van der Waals surface area contributed by atoms with Crippen LogP contribution < -0.4 is 5.14 Å². The van der Waals surface area contributed by atoms with Crippen molar-refractivity contribution in [3.8, 4) is 0 Å². The van der Waals surface area contributed by atoms with E-state index in [1.54, 1.807) is 0 Å². The highest BCUT2D eigenvalue weighted by atomic mass is 32.2. The first-order valence-corrected chi connectivity index (χ1v) is 4.90. The Hall–Kier alpha value is -0.210. The third-order valence-electron chi connectivity index (χ3n) is 1.99. The van der Waals surface area contributed by atoms with Crippen molar-refractivity contribution in [2.45, 2.75) is 26.7 Å². The van der Waals surface area contributed by atoms with Crippen molar-refractivity contribution in [3.63, 3.8) is 0 Å². The standard InChI is InChI=1S/C9H15NS/c1-7(2)8-5-3-4-6-9(8)11-10/h4,6-7H,3,5,10H2,1-2H3.